The van der Waals surface area contributed by atoms with Crippen LogP contribution in [-0.4, -0.2) is 49.6 Å². The predicted octanol–water partition coefficient (Wildman–Crippen LogP) is 4.81. The van der Waals surface area contributed by atoms with Crippen molar-refractivity contribution < 1.29 is 19.4 Å². The SMILES string of the molecule is CCOC1C[C@@]2(C)C(CC[C@@H]3[C@H]2C(NCCC(C)C)C[C@]2(C)C(C(=O)OC)CC[C@@H]32)CC1O. The third-order valence-corrected chi connectivity index (χ3v) is 10.6. The van der Waals surface area contributed by atoms with Gasteiger partial charge < -0.3 is 19.9 Å². The predicted molar refractivity (Wildman–Crippen MR) is 131 cm³/mol. The van der Waals surface area contributed by atoms with Crippen molar-refractivity contribution in [3.8, 4) is 0 Å². The average Bonchev–Trinajstić information content (AvgIpc) is 3.10. The van der Waals surface area contributed by atoms with Gasteiger partial charge in [-0.1, -0.05) is 27.7 Å². The molecule has 0 heterocycles. The van der Waals surface area contributed by atoms with Crippen LogP contribution in [0, 0.1) is 46.3 Å². The first-order valence-corrected chi connectivity index (χ1v) is 13.8. The molecule has 0 bridgehead atoms. The summed E-state index contributed by atoms with van der Waals surface area (Å²) in [5, 5.41) is 14.9. The van der Waals surface area contributed by atoms with Gasteiger partial charge in [-0.25, -0.2) is 0 Å². The highest BCUT2D eigenvalue weighted by Crippen LogP contribution is 2.67. The Kier molecular flexibility index (Phi) is 7.54. The van der Waals surface area contributed by atoms with Crippen LogP contribution in [-0.2, 0) is 14.3 Å². The molecule has 10 atom stereocenters. The topological polar surface area (TPSA) is 67.8 Å². The molecule has 5 unspecified atom stereocenters. The van der Waals surface area contributed by atoms with Gasteiger partial charge in [-0.05, 0) is 105 Å². The standard InChI is InChI=1S/C28H49NO4/c1-7-33-24-16-27(4)18(14-23(24)30)8-9-19-20-10-11-21(26(31)32-6)28(20,5)15-22(25(19)27)29-13-12-17(2)3/h17-25,29-30H,7-16H2,1-6H3/t18?,19-,20-,21?,22?,23?,24?,25-,27-,28-/m0/s1. The van der Waals surface area contributed by atoms with Gasteiger partial charge in [0.05, 0.1) is 25.2 Å². The number of carbonyl (C=O) groups excluding carboxylic acids is 1. The molecule has 4 saturated carbocycles. The summed E-state index contributed by atoms with van der Waals surface area (Å²) >= 11 is 0. The molecule has 4 aliphatic rings. The minimum absolute atomic E-state index is 0.00326. The van der Waals surface area contributed by atoms with Gasteiger partial charge in [-0.15, -0.1) is 0 Å². The summed E-state index contributed by atoms with van der Waals surface area (Å²) in [7, 11) is 1.55. The zero-order valence-corrected chi connectivity index (χ0v) is 21.9. The van der Waals surface area contributed by atoms with E-state index in [-0.39, 0.29) is 34.9 Å². The Balaban J connectivity index is 1.67. The van der Waals surface area contributed by atoms with Crippen molar-refractivity contribution in [1.29, 1.82) is 0 Å². The molecule has 33 heavy (non-hydrogen) atoms. The molecule has 2 N–H and O–H groups in total. The molecule has 0 spiro atoms. The maximum atomic E-state index is 12.8. The van der Waals surface area contributed by atoms with Crippen molar-refractivity contribution in [3.63, 3.8) is 0 Å². The molecule has 0 amide bonds. The van der Waals surface area contributed by atoms with Crippen molar-refractivity contribution in [2.24, 2.45) is 46.3 Å². The van der Waals surface area contributed by atoms with Crippen molar-refractivity contribution in [2.75, 3.05) is 20.3 Å². The summed E-state index contributed by atoms with van der Waals surface area (Å²) in [6.07, 6.45) is 8.22. The number of hydrogen-bond donors (Lipinski definition) is 2. The molecule has 4 rings (SSSR count). The van der Waals surface area contributed by atoms with E-state index in [0.29, 0.717) is 42.2 Å². The first-order chi connectivity index (χ1) is 15.7. The Labute approximate surface area is 201 Å². The number of nitrogens with one attached hydrogen (secondary N) is 1. The summed E-state index contributed by atoms with van der Waals surface area (Å²) in [5.41, 5.74) is 0.183. The lowest BCUT2D eigenvalue weighted by atomic mass is 9.43. The molecular weight excluding hydrogens is 414 g/mol. The summed E-state index contributed by atoms with van der Waals surface area (Å²) in [4.78, 5) is 12.8. The molecule has 0 aliphatic heterocycles. The molecule has 5 nitrogen and oxygen atoms in total. The lowest BCUT2D eigenvalue weighted by Crippen LogP contribution is -2.64. The van der Waals surface area contributed by atoms with Crippen molar-refractivity contribution in [1.82, 2.24) is 5.32 Å². The van der Waals surface area contributed by atoms with Gasteiger partial charge in [0.25, 0.3) is 0 Å². The fourth-order valence-corrected chi connectivity index (χ4v) is 9.11. The normalized spacial score (nSPS) is 47.0. The molecule has 4 aliphatic carbocycles. The summed E-state index contributed by atoms with van der Waals surface area (Å²) in [6, 6.07) is 0.408. The minimum atomic E-state index is -0.337. The molecule has 0 radical (unpaired) electrons. The van der Waals surface area contributed by atoms with Crippen LogP contribution >= 0.6 is 0 Å². The number of ether oxygens (including phenoxy) is 2. The van der Waals surface area contributed by atoms with Crippen LogP contribution in [0.5, 0.6) is 0 Å². The quantitative estimate of drug-likeness (QED) is 0.531. The number of aliphatic hydroxyl groups is 1. The van der Waals surface area contributed by atoms with E-state index in [2.05, 4.69) is 33.0 Å². The number of aliphatic hydroxyl groups excluding tert-OH is 1. The summed E-state index contributed by atoms with van der Waals surface area (Å²) < 4.78 is 11.4. The Bertz CT molecular complexity index is 697. The first kappa shape index (κ1) is 25.4. The Morgan fingerprint density at radius 1 is 1.12 bits per heavy atom. The van der Waals surface area contributed by atoms with E-state index in [1.165, 1.54) is 19.3 Å². The van der Waals surface area contributed by atoms with Gasteiger partial charge in [0, 0.05) is 12.6 Å². The Morgan fingerprint density at radius 2 is 1.88 bits per heavy atom. The van der Waals surface area contributed by atoms with E-state index in [4.69, 9.17) is 9.47 Å². The van der Waals surface area contributed by atoms with E-state index in [1.807, 2.05) is 6.92 Å². The second-order valence-electron chi connectivity index (χ2n) is 12.7. The van der Waals surface area contributed by atoms with E-state index in [9.17, 15) is 9.90 Å². The van der Waals surface area contributed by atoms with Gasteiger partial charge in [0.2, 0.25) is 0 Å². The van der Waals surface area contributed by atoms with Gasteiger partial charge >= 0.3 is 5.97 Å². The highest BCUT2D eigenvalue weighted by atomic mass is 16.5. The number of hydrogen-bond acceptors (Lipinski definition) is 5. The van der Waals surface area contributed by atoms with Crippen LogP contribution < -0.4 is 5.32 Å². The molecule has 4 fully saturated rings. The van der Waals surface area contributed by atoms with Crippen molar-refractivity contribution in [2.45, 2.75) is 104 Å². The van der Waals surface area contributed by atoms with E-state index in [1.54, 1.807) is 7.11 Å². The maximum Gasteiger partial charge on any atom is 0.309 e. The van der Waals surface area contributed by atoms with E-state index in [0.717, 1.165) is 38.6 Å². The van der Waals surface area contributed by atoms with Crippen molar-refractivity contribution in [3.05, 3.63) is 0 Å². The van der Waals surface area contributed by atoms with Crippen LogP contribution in [0.25, 0.3) is 0 Å². The number of rotatable bonds is 7. The first-order valence-electron chi connectivity index (χ1n) is 13.8. The largest absolute Gasteiger partial charge is 0.469 e. The minimum Gasteiger partial charge on any atom is -0.469 e. The maximum absolute atomic E-state index is 12.8. The molecule has 0 aromatic carbocycles. The van der Waals surface area contributed by atoms with E-state index < -0.39 is 0 Å². The van der Waals surface area contributed by atoms with Gasteiger partial charge in [0.1, 0.15) is 0 Å². The zero-order chi connectivity index (χ0) is 24.0. The average molecular weight is 464 g/mol. The fraction of sp³-hybridized carbons (Fsp3) is 0.964. The molecule has 0 aromatic heterocycles. The molecule has 5 heteroatoms. The number of carbonyl (C=O) groups is 1. The molecule has 0 saturated heterocycles. The lowest BCUT2D eigenvalue weighted by molar-refractivity contribution is -0.182. The number of methoxy groups -OCH3 is 1. The second kappa shape index (κ2) is 9.78. The fourth-order valence-electron chi connectivity index (χ4n) is 9.11. The molecule has 0 aromatic rings. The molecule has 190 valence electrons. The highest BCUT2D eigenvalue weighted by Gasteiger charge is 2.65. The van der Waals surface area contributed by atoms with Crippen LogP contribution in [0.1, 0.15) is 86.0 Å². The van der Waals surface area contributed by atoms with Crippen LogP contribution in [0.15, 0.2) is 0 Å². The van der Waals surface area contributed by atoms with Gasteiger partial charge in [-0.3, -0.25) is 4.79 Å². The lowest BCUT2D eigenvalue weighted by Gasteiger charge is -2.64. The van der Waals surface area contributed by atoms with Gasteiger partial charge in [-0.2, -0.15) is 0 Å². The van der Waals surface area contributed by atoms with Crippen molar-refractivity contribution >= 4 is 5.97 Å². The summed E-state index contributed by atoms with van der Waals surface area (Å²) in [6.45, 7) is 13.2. The second-order valence-corrected chi connectivity index (χ2v) is 12.7. The Hall–Kier alpha value is -0.650. The summed E-state index contributed by atoms with van der Waals surface area (Å²) in [5.74, 6) is 3.06. The smallest absolute Gasteiger partial charge is 0.309 e. The van der Waals surface area contributed by atoms with Crippen LogP contribution in [0.2, 0.25) is 0 Å². The Morgan fingerprint density at radius 3 is 2.55 bits per heavy atom. The van der Waals surface area contributed by atoms with Crippen LogP contribution in [0.4, 0.5) is 0 Å². The highest BCUT2D eigenvalue weighted by molar-refractivity contribution is 5.74. The van der Waals surface area contributed by atoms with Gasteiger partial charge in [0.15, 0.2) is 0 Å². The third kappa shape index (κ3) is 4.40. The number of esters is 1. The zero-order valence-electron chi connectivity index (χ0n) is 21.9. The van der Waals surface area contributed by atoms with Crippen LogP contribution in [0.3, 0.4) is 0 Å². The third-order valence-electron chi connectivity index (χ3n) is 10.6. The molecular formula is C28H49NO4. The van der Waals surface area contributed by atoms with E-state index >= 15 is 0 Å². The monoisotopic (exact) mass is 463 g/mol. The number of fused-ring (bicyclic) bond motifs is 5.